The molecule has 0 amide bonds. The molecule has 1 aliphatic carbocycles. The second-order valence-corrected chi connectivity index (χ2v) is 8.46. The summed E-state index contributed by atoms with van der Waals surface area (Å²) >= 11 is 0. The van der Waals surface area contributed by atoms with E-state index in [1.807, 2.05) is 78.7 Å². The number of fused-ring (bicyclic) bond motifs is 2. The maximum atomic E-state index is 12.3. The van der Waals surface area contributed by atoms with Gasteiger partial charge in [0, 0.05) is 41.9 Å². The number of carboxylic acids is 2. The zero-order chi connectivity index (χ0) is 25.0. The fourth-order valence-electron chi connectivity index (χ4n) is 4.08. The molecule has 2 aromatic rings. The normalized spacial score (nSPS) is 16.6. The average molecular weight is 488 g/mol. The molecule has 2 aromatic carbocycles. The summed E-state index contributed by atoms with van der Waals surface area (Å²) < 4.78 is 34.1. The van der Waals surface area contributed by atoms with Crippen molar-refractivity contribution in [2.24, 2.45) is 0 Å². The van der Waals surface area contributed by atoms with Gasteiger partial charge in [-0.05, 0) is 29.7 Å². The van der Waals surface area contributed by atoms with Gasteiger partial charge in [-0.1, -0.05) is 58.5 Å². The lowest BCUT2D eigenvalue weighted by Crippen LogP contribution is -2.29. The summed E-state index contributed by atoms with van der Waals surface area (Å²) in [6, 6.07) is 15.3. The molecule has 0 saturated carbocycles. The average Bonchev–Trinajstić information content (AvgIpc) is 2.77. The molecule has 4 rings (SSSR count). The number of carbonyl (C=O) groups is 2. The highest BCUT2D eigenvalue weighted by molar-refractivity contribution is 7.80. The van der Waals surface area contributed by atoms with Crippen molar-refractivity contribution in [3.63, 3.8) is 0 Å². The van der Waals surface area contributed by atoms with E-state index in [1.165, 1.54) is 0 Å². The van der Waals surface area contributed by atoms with E-state index in [4.69, 9.17) is 18.1 Å². The van der Waals surface area contributed by atoms with E-state index in [9.17, 15) is 18.6 Å². The van der Waals surface area contributed by atoms with Crippen LogP contribution in [0.4, 0.5) is 9.57 Å². The molecule has 34 heavy (non-hydrogen) atoms. The van der Waals surface area contributed by atoms with Crippen LogP contribution in [0, 0.1) is 0 Å². The third-order valence-electron chi connectivity index (χ3n) is 5.49. The van der Waals surface area contributed by atoms with Crippen LogP contribution in [0.3, 0.4) is 0 Å². The van der Waals surface area contributed by atoms with E-state index >= 15 is 0 Å². The Labute approximate surface area is 196 Å². The van der Waals surface area contributed by atoms with Crippen molar-refractivity contribution >= 4 is 33.7 Å². The van der Waals surface area contributed by atoms with Crippen molar-refractivity contribution in [1.82, 2.24) is 0 Å². The summed E-state index contributed by atoms with van der Waals surface area (Å²) in [4.78, 5) is 25.1. The molecule has 0 radical (unpaired) electrons. The number of likely N-dealkylation sites (N-methyl/N-ethyl adjacent to an activating group) is 1. The number of benzene rings is 2. The van der Waals surface area contributed by atoms with Crippen LogP contribution in [0.2, 0.25) is 0 Å². The first-order valence-electron chi connectivity index (χ1n) is 10.1. The van der Waals surface area contributed by atoms with E-state index in [1.54, 1.807) is 0 Å². The number of hydrogen-bond donors (Lipinski definition) is 3. The highest BCUT2D eigenvalue weighted by Gasteiger charge is 2.35. The zero-order valence-electron chi connectivity index (χ0n) is 18.1. The summed E-state index contributed by atoms with van der Waals surface area (Å²) in [7, 11) is -3.21. The molecule has 0 bridgehead atoms. The van der Waals surface area contributed by atoms with Crippen molar-refractivity contribution in [3.8, 4) is 0 Å². The van der Waals surface area contributed by atoms with Crippen molar-refractivity contribution in [2.75, 3.05) is 11.9 Å². The molecular weight excluding hydrogens is 465 g/mol. The molecule has 0 saturated heterocycles. The molecule has 1 atom stereocenters. The van der Waals surface area contributed by atoms with E-state index in [0.717, 1.165) is 28.1 Å². The van der Waals surface area contributed by atoms with Gasteiger partial charge in [0.15, 0.2) is 0 Å². The quantitative estimate of drug-likeness (QED) is 0.426. The minimum absolute atomic E-state index is 0.0887. The summed E-state index contributed by atoms with van der Waals surface area (Å²) in [5.74, 6) is -1.95. The van der Waals surface area contributed by atoms with Gasteiger partial charge in [-0.3, -0.25) is 9.35 Å². The predicted octanol–water partition coefficient (Wildman–Crippen LogP) is 3.99. The van der Waals surface area contributed by atoms with Crippen molar-refractivity contribution in [3.05, 3.63) is 94.7 Å². The largest absolute Gasteiger partial charge is 0.481 e. The molecule has 10 heteroatoms. The first kappa shape index (κ1) is 24.9. The van der Waals surface area contributed by atoms with Crippen LogP contribution in [0.25, 0.3) is 5.57 Å². The van der Waals surface area contributed by atoms with Crippen LogP contribution in [0.15, 0.2) is 78.0 Å². The molecule has 3 N–H and O–H groups in total. The zero-order valence-corrected chi connectivity index (χ0v) is 18.9. The number of anilines is 1. The van der Waals surface area contributed by atoms with E-state index in [0.29, 0.717) is 17.6 Å². The van der Waals surface area contributed by atoms with Gasteiger partial charge in [0.05, 0.1) is 5.57 Å². The number of nitrogens with zero attached hydrogens (tertiary/aromatic N) is 1. The Balaban J connectivity index is 0.000000588. The van der Waals surface area contributed by atoms with E-state index < -0.39 is 22.4 Å². The lowest BCUT2D eigenvalue weighted by molar-refractivity contribution is -0.137. The molecule has 1 aliphatic heterocycles. The number of carboxylic acid groups (broad SMARTS) is 2. The molecule has 8 nitrogen and oxygen atoms in total. The molecule has 0 fully saturated rings. The minimum Gasteiger partial charge on any atom is -0.481 e. The monoisotopic (exact) mass is 487 g/mol. The minimum atomic E-state index is -5.17. The van der Waals surface area contributed by atoms with Gasteiger partial charge in [0.2, 0.25) is 0 Å². The Morgan fingerprint density at radius 2 is 1.68 bits per heavy atom. The second kappa shape index (κ2) is 10.0. The standard InChI is InChI=1S/C24H21NO4.FHO3S/c1-25-19-7-3-2-5-18(19)23(24(28)29)22-17(6-4-8-20(22)25)16-12-9-15(10-13-16)11-14-21(26)27;1-5(2,3)4/h2-10,12-13,17H,11,14H2,1H3,(H,26,27)(H,28,29);(H,2,3,4). The van der Waals surface area contributed by atoms with Crippen molar-refractivity contribution in [1.29, 1.82) is 0 Å². The molecule has 1 heterocycles. The number of aliphatic carboxylic acids is 2. The van der Waals surface area contributed by atoms with Crippen LogP contribution < -0.4 is 4.90 Å². The van der Waals surface area contributed by atoms with Gasteiger partial charge in [-0.2, -0.15) is 8.42 Å². The van der Waals surface area contributed by atoms with Crippen LogP contribution in [-0.4, -0.2) is 42.2 Å². The third kappa shape index (κ3) is 5.77. The van der Waals surface area contributed by atoms with Crippen LogP contribution in [0.1, 0.15) is 29.0 Å². The van der Waals surface area contributed by atoms with Gasteiger partial charge < -0.3 is 15.1 Å². The molecular formula is C24H22FNO7S. The summed E-state index contributed by atoms with van der Waals surface area (Å²) in [6.45, 7) is 0. The maximum Gasteiger partial charge on any atom is 0.435 e. The fourth-order valence-corrected chi connectivity index (χ4v) is 4.08. The third-order valence-corrected chi connectivity index (χ3v) is 5.49. The Morgan fingerprint density at radius 1 is 1.06 bits per heavy atom. The van der Waals surface area contributed by atoms with Crippen LogP contribution in [-0.2, 0) is 26.5 Å². The molecule has 0 spiro atoms. The number of aryl methyl sites for hydroxylation is 1. The Bertz CT molecular complexity index is 1300. The molecule has 0 aromatic heterocycles. The number of hydrogen-bond acceptors (Lipinski definition) is 5. The number of rotatable bonds is 5. The number of allylic oxidation sites excluding steroid dienone is 4. The smallest absolute Gasteiger partial charge is 0.435 e. The lowest BCUT2D eigenvalue weighted by atomic mass is 9.78. The molecule has 178 valence electrons. The summed E-state index contributed by atoms with van der Waals surface area (Å²) in [5.41, 5.74) is 5.50. The summed E-state index contributed by atoms with van der Waals surface area (Å²) in [6.07, 6.45) is 6.49. The number of halogens is 1. The van der Waals surface area contributed by atoms with E-state index in [-0.39, 0.29) is 12.3 Å². The Morgan fingerprint density at radius 3 is 2.26 bits per heavy atom. The predicted molar refractivity (Wildman–Crippen MR) is 124 cm³/mol. The van der Waals surface area contributed by atoms with Crippen LogP contribution in [0.5, 0.6) is 0 Å². The topological polar surface area (TPSA) is 132 Å². The maximum absolute atomic E-state index is 12.3. The van der Waals surface area contributed by atoms with Crippen molar-refractivity contribution < 1.29 is 36.7 Å². The van der Waals surface area contributed by atoms with Gasteiger partial charge in [-0.25, -0.2) is 4.79 Å². The Kier molecular flexibility index (Phi) is 7.33. The molecule has 2 aliphatic rings. The van der Waals surface area contributed by atoms with Gasteiger partial charge in [0.1, 0.15) is 0 Å². The first-order valence-corrected chi connectivity index (χ1v) is 11.5. The van der Waals surface area contributed by atoms with Gasteiger partial charge >= 0.3 is 22.4 Å². The highest BCUT2D eigenvalue weighted by atomic mass is 32.3. The fraction of sp³-hybridized carbons (Fsp3) is 0.167. The number of para-hydroxylation sites is 1. The van der Waals surface area contributed by atoms with E-state index in [2.05, 4.69) is 0 Å². The SMILES string of the molecule is CN1C2=CC=CC(c3ccc(CCC(=O)O)cc3)C2=C(C(=O)O)c2ccccc21.O=S(=O)(O)F. The highest BCUT2D eigenvalue weighted by Crippen LogP contribution is 2.47. The van der Waals surface area contributed by atoms with Crippen molar-refractivity contribution in [2.45, 2.75) is 18.8 Å². The second-order valence-electron chi connectivity index (χ2n) is 7.63. The van der Waals surface area contributed by atoms with Crippen LogP contribution >= 0.6 is 0 Å². The first-order chi connectivity index (χ1) is 16.0. The lowest BCUT2D eigenvalue weighted by Gasteiger charge is -2.37. The molecule has 1 unspecified atom stereocenters. The summed E-state index contributed by atoms with van der Waals surface area (Å²) in [5, 5.41) is 18.9. The van der Waals surface area contributed by atoms with Gasteiger partial charge in [-0.15, -0.1) is 0 Å². The Hall–Kier alpha value is -3.76. The van der Waals surface area contributed by atoms with Gasteiger partial charge in [0.25, 0.3) is 0 Å².